The van der Waals surface area contributed by atoms with Crippen molar-refractivity contribution in [1.29, 1.82) is 0 Å². The molecular formula is C27H21N3O. The highest BCUT2D eigenvalue weighted by Crippen LogP contribution is 2.28. The number of benzene rings is 3. The van der Waals surface area contributed by atoms with E-state index in [2.05, 4.69) is 10.3 Å². The maximum absolute atomic E-state index is 13.4. The third-order valence-electron chi connectivity index (χ3n) is 5.32. The quantitative estimate of drug-likeness (QED) is 0.405. The van der Waals surface area contributed by atoms with E-state index in [1.807, 2.05) is 120 Å². The molecule has 0 saturated carbocycles. The van der Waals surface area contributed by atoms with Crippen LogP contribution < -0.4 is 5.32 Å². The lowest BCUT2D eigenvalue weighted by atomic mass is 9.90. The van der Waals surface area contributed by atoms with E-state index in [1.165, 1.54) is 0 Å². The van der Waals surface area contributed by atoms with Gasteiger partial charge in [-0.05, 0) is 35.4 Å². The molecule has 4 nitrogen and oxygen atoms in total. The number of anilines is 1. The lowest BCUT2D eigenvalue weighted by Gasteiger charge is -2.18. The number of imidazole rings is 1. The van der Waals surface area contributed by atoms with Gasteiger partial charge in [0, 0.05) is 23.6 Å². The lowest BCUT2D eigenvalue weighted by molar-refractivity contribution is -0.116. The minimum Gasteiger partial charge on any atom is -0.325 e. The molecule has 0 aliphatic heterocycles. The summed E-state index contributed by atoms with van der Waals surface area (Å²) in [5, 5.41) is 3.11. The number of nitrogens with one attached hydrogen (secondary N) is 1. The van der Waals surface area contributed by atoms with Gasteiger partial charge in [-0.25, -0.2) is 4.98 Å². The highest BCUT2D eigenvalue weighted by atomic mass is 16.1. The van der Waals surface area contributed by atoms with Gasteiger partial charge in [0.05, 0.1) is 11.6 Å². The number of aromatic nitrogens is 2. The van der Waals surface area contributed by atoms with Crippen LogP contribution in [0.3, 0.4) is 0 Å². The van der Waals surface area contributed by atoms with Gasteiger partial charge in [-0.1, -0.05) is 78.9 Å². The summed E-state index contributed by atoms with van der Waals surface area (Å²) in [6.45, 7) is 0. The molecule has 0 unspecified atom stereocenters. The van der Waals surface area contributed by atoms with Gasteiger partial charge in [-0.15, -0.1) is 0 Å². The van der Waals surface area contributed by atoms with Crippen LogP contribution in [0.2, 0.25) is 0 Å². The highest BCUT2D eigenvalue weighted by Gasteiger charge is 2.22. The molecule has 0 radical (unpaired) electrons. The average molecular weight is 403 g/mol. The second-order valence-corrected chi connectivity index (χ2v) is 7.42. The third kappa shape index (κ3) is 3.96. The van der Waals surface area contributed by atoms with Gasteiger partial charge in [0.25, 0.3) is 0 Å². The fraction of sp³-hybridized carbons (Fsp3) is 0.0370. The molecule has 0 spiro atoms. The van der Waals surface area contributed by atoms with Gasteiger partial charge in [0.15, 0.2) is 0 Å². The summed E-state index contributed by atoms with van der Waals surface area (Å²) >= 11 is 0. The second kappa shape index (κ2) is 8.28. The van der Waals surface area contributed by atoms with Crippen LogP contribution in [0, 0.1) is 0 Å². The van der Waals surface area contributed by atoms with Crippen LogP contribution in [0.1, 0.15) is 17.0 Å². The highest BCUT2D eigenvalue weighted by molar-refractivity contribution is 5.98. The zero-order chi connectivity index (χ0) is 21.0. The van der Waals surface area contributed by atoms with Gasteiger partial charge < -0.3 is 9.72 Å². The van der Waals surface area contributed by atoms with E-state index < -0.39 is 0 Å². The molecule has 5 rings (SSSR count). The third-order valence-corrected chi connectivity index (χ3v) is 5.32. The Morgan fingerprint density at radius 1 is 0.774 bits per heavy atom. The lowest BCUT2D eigenvalue weighted by Crippen LogP contribution is -2.22. The Labute approximate surface area is 180 Å². The number of amides is 1. The number of pyridine rings is 1. The average Bonchev–Trinajstić information content (AvgIpc) is 3.25. The molecule has 2 heterocycles. The van der Waals surface area contributed by atoms with Gasteiger partial charge in [0.2, 0.25) is 5.91 Å². The second-order valence-electron chi connectivity index (χ2n) is 7.42. The van der Waals surface area contributed by atoms with E-state index in [9.17, 15) is 4.79 Å². The van der Waals surface area contributed by atoms with Crippen LogP contribution in [-0.4, -0.2) is 15.3 Å². The van der Waals surface area contributed by atoms with Crippen molar-refractivity contribution in [2.24, 2.45) is 0 Å². The Bertz CT molecular complexity index is 1250. The van der Waals surface area contributed by atoms with E-state index in [-0.39, 0.29) is 11.8 Å². The maximum atomic E-state index is 13.4. The van der Waals surface area contributed by atoms with Crippen molar-refractivity contribution >= 4 is 17.2 Å². The number of rotatable bonds is 5. The number of nitrogens with zero attached hydrogens (tertiary/aromatic N) is 2. The molecular weight excluding hydrogens is 382 g/mol. The monoisotopic (exact) mass is 403 g/mol. The fourth-order valence-corrected chi connectivity index (χ4v) is 3.83. The molecule has 1 N–H and O–H groups in total. The minimum absolute atomic E-state index is 0.0652. The van der Waals surface area contributed by atoms with E-state index in [0.717, 1.165) is 33.7 Å². The molecule has 5 aromatic rings. The van der Waals surface area contributed by atoms with E-state index in [1.54, 1.807) is 0 Å². The Hall–Kier alpha value is -4.18. The molecule has 2 aromatic heterocycles. The number of carbonyl (C=O) groups is 1. The largest absolute Gasteiger partial charge is 0.325 e. The van der Waals surface area contributed by atoms with Crippen molar-refractivity contribution in [1.82, 2.24) is 9.38 Å². The van der Waals surface area contributed by atoms with Crippen molar-refractivity contribution < 1.29 is 4.79 Å². The van der Waals surface area contributed by atoms with E-state index in [4.69, 9.17) is 0 Å². The summed E-state index contributed by atoms with van der Waals surface area (Å²) in [5.74, 6) is -0.453. The number of hydrogen-bond donors (Lipinski definition) is 1. The molecule has 150 valence electrons. The SMILES string of the molecule is O=C(Nc1cccc(-c2cn3ccccc3n2)c1)C(c1ccccc1)c1ccccc1. The molecule has 0 saturated heterocycles. The summed E-state index contributed by atoms with van der Waals surface area (Å²) in [6.07, 6.45) is 3.97. The first kappa shape index (κ1) is 18.8. The van der Waals surface area contributed by atoms with Crippen LogP contribution in [0.15, 0.2) is 116 Å². The number of carbonyl (C=O) groups excluding carboxylic acids is 1. The molecule has 4 heteroatoms. The van der Waals surface area contributed by atoms with Gasteiger partial charge >= 0.3 is 0 Å². The zero-order valence-corrected chi connectivity index (χ0v) is 16.8. The Morgan fingerprint density at radius 3 is 2.13 bits per heavy atom. The molecule has 0 bridgehead atoms. The fourth-order valence-electron chi connectivity index (χ4n) is 3.83. The summed E-state index contributed by atoms with van der Waals surface area (Å²) in [6, 6.07) is 33.5. The zero-order valence-electron chi connectivity index (χ0n) is 16.8. The summed E-state index contributed by atoms with van der Waals surface area (Å²) in [4.78, 5) is 18.1. The minimum atomic E-state index is -0.388. The summed E-state index contributed by atoms with van der Waals surface area (Å²) in [7, 11) is 0. The van der Waals surface area contributed by atoms with Crippen LogP contribution in [0.5, 0.6) is 0 Å². The molecule has 0 atom stereocenters. The Balaban J connectivity index is 1.45. The standard InChI is InChI=1S/C27H21N3O/c31-27(26(20-10-3-1-4-11-20)21-12-5-2-6-13-21)28-23-15-9-14-22(18-23)24-19-30-17-8-7-16-25(30)29-24/h1-19,26H,(H,28,31). The van der Waals surface area contributed by atoms with Crippen molar-refractivity contribution in [3.63, 3.8) is 0 Å². The topological polar surface area (TPSA) is 46.4 Å². The normalized spacial score (nSPS) is 11.0. The predicted molar refractivity (Wildman–Crippen MR) is 124 cm³/mol. The van der Waals surface area contributed by atoms with Gasteiger partial charge in [-0.2, -0.15) is 0 Å². The first-order chi connectivity index (χ1) is 15.3. The molecule has 0 aliphatic rings. The van der Waals surface area contributed by atoms with Crippen molar-refractivity contribution in [3.05, 3.63) is 127 Å². The number of fused-ring (bicyclic) bond motifs is 1. The van der Waals surface area contributed by atoms with Gasteiger partial charge in [-0.3, -0.25) is 4.79 Å². The summed E-state index contributed by atoms with van der Waals surface area (Å²) < 4.78 is 1.99. The van der Waals surface area contributed by atoms with Crippen LogP contribution in [0.25, 0.3) is 16.9 Å². The number of hydrogen-bond acceptors (Lipinski definition) is 2. The van der Waals surface area contributed by atoms with Crippen LogP contribution in [0.4, 0.5) is 5.69 Å². The van der Waals surface area contributed by atoms with Crippen molar-refractivity contribution in [2.75, 3.05) is 5.32 Å². The molecule has 3 aromatic carbocycles. The maximum Gasteiger partial charge on any atom is 0.236 e. The predicted octanol–water partition coefficient (Wildman–Crippen LogP) is 5.77. The molecule has 0 fully saturated rings. The Kier molecular flexibility index (Phi) is 5.03. The van der Waals surface area contributed by atoms with Crippen LogP contribution >= 0.6 is 0 Å². The van der Waals surface area contributed by atoms with Crippen molar-refractivity contribution in [2.45, 2.75) is 5.92 Å². The summed E-state index contributed by atoms with van der Waals surface area (Å²) in [5.41, 5.74) is 5.38. The molecule has 1 amide bonds. The molecule has 31 heavy (non-hydrogen) atoms. The first-order valence-corrected chi connectivity index (χ1v) is 10.2. The van der Waals surface area contributed by atoms with Crippen LogP contribution in [-0.2, 0) is 4.79 Å². The first-order valence-electron chi connectivity index (χ1n) is 10.2. The van der Waals surface area contributed by atoms with E-state index in [0.29, 0.717) is 0 Å². The van der Waals surface area contributed by atoms with Crippen molar-refractivity contribution in [3.8, 4) is 11.3 Å². The smallest absolute Gasteiger partial charge is 0.236 e. The Morgan fingerprint density at radius 2 is 1.45 bits per heavy atom. The molecule has 0 aliphatic carbocycles. The van der Waals surface area contributed by atoms with E-state index >= 15 is 0 Å². The van der Waals surface area contributed by atoms with Gasteiger partial charge in [0.1, 0.15) is 5.65 Å².